The minimum atomic E-state index is -0.376. The van der Waals surface area contributed by atoms with Gasteiger partial charge in [-0.05, 0) is 31.0 Å². The molecule has 1 fully saturated rings. The zero-order valence-electron chi connectivity index (χ0n) is 14.5. The molecule has 1 N–H and O–H groups in total. The van der Waals surface area contributed by atoms with Crippen molar-refractivity contribution in [2.75, 3.05) is 27.1 Å². The Bertz CT molecular complexity index is 720. The minimum absolute atomic E-state index is 0.0241. The monoisotopic (exact) mass is 345 g/mol. The van der Waals surface area contributed by atoms with Crippen molar-refractivity contribution in [3.63, 3.8) is 0 Å². The van der Waals surface area contributed by atoms with Gasteiger partial charge in [0.1, 0.15) is 0 Å². The molecular weight excluding hydrogens is 322 g/mol. The lowest BCUT2D eigenvalue weighted by Crippen LogP contribution is -2.52. The average Bonchev–Trinajstić information content (AvgIpc) is 3.24. The van der Waals surface area contributed by atoms with Gasteiger partial charge in [0.05, 0.1) is 17.6 Å². The fourth-order valence-corrected chi connectivity index (χ4v) is 4.71. The van der Waals surface area contributed by atoms with Crippen molar-refractivity contribution in [1.82, 2.24) is 5.32 Å². The summed E-state index contributed by atoms with van der Waals surface area (Å²) in [6, 6.07) is 4.40. The van der Waals surface area contributed by atoms with Crippen LogP contribution in [0.5, 0.6) is 11.5 Å². The maximum absolute atomic E-state index is 6.39. The van der Waals surface area contributed by atoms with Crippen LogP contribution in [0.2, 0.25) is 0 Å². The van der Waals surface area contributed by atoms with E-state index in [1.165, 1.54) is 5.56 Å². The number of nitrogens with one attached hydrogen (secondary N) is 1. The quantitative estimate of drug-likeness (QED) is 0.846. The van der Waals surface area contributed by atoms with Gasteiger partial charge in [-0.15, -0.1) is 0 Å². The van der Waals surface area contributed by atoms with Gasteiger partial charge in [-0.25, -0.2) is 0 Å². The van der Waals surface area contributed by atoms with Gasteiger partial charge in [0, 0.05) is 31.9 Å². The van der Waals surface area contributed by atoms with Gasteiger partial charge in [-0.3, -0.25) is 0 Å². The fourth-order valence-electron chi connectivity index (χ4n) is 4.71. The molecule has 0 aromatic heterocycles. The maximum Gasteiger partial charge on any atom is 0.231 e. The summed E-state index contributed by atoms with van der Waals surface area (Å²) in [4.78, 5) is 0. The van der Waals surface area contributed by atoms with E-state index in [4.69, 9.17) is 23.7 Å². The Kier molecular flexibility index (Phi) is 3.57. The molecule has 5 rings (SSSR count). The van der Waals surface area contributed by atoms with Crippen LogP contribution in [-0.2, 0) is 19.6 Å². The predicted molar refractivity (Wildman–Crippen MR) is 89.8 cm³/mol. The second-order valence-corrected chi connectivity index (χ2v) is 6.97. The van der Waals surface area contributed by atoms with Crippen molar-refractivity contribution in [1.29, 1.82) is 0 Å². The summed E-state index contributed by atoms with van der Waals surface area (Å²) < 4.78 is 29.1. The Labute approximate surface area is 147 Å². The first-order valence-corrected chi connectivity index (χ1v) is 8.93. The van der Waals surface area contributed by atoms with Gasteiger partial charge in [-0.2, -0.15) is 0 Å². The molecule has 1 saturated heterocycles. The van der Waals surface area contributed by atoms with E-state index in [0.717, 1.165) is 30.0 Å². The highest BCUT2D eigenvalue weighted by Gasteiger charge is 2.57. The summed E-state index contributed by atoms with van der Waals surface area (Å²) in [5.41, 5.74) is 2.03. The van der Waals surface area contributed by atoms with E-state index < -0.39 is 0 Å². The maximum atomic E-state index is 6.39. The van der Waals surface area contributed by atoms with Crippen molar-refractivity contribution < 1.29 is 23.7 Å². The molecule has 0 amide bonds. The zero-order chi connectivity index (χ0) is 17.0. The van der Waals surface area contributed by atoms with Crippen molar-refractivity contribution in [2.45, 2.75) is 43.3 Å². The van der Waals surface area contributed by atoms with Crippen LogP contribution in [0.4, 0.5) is 0 Å². The molecule has 3 aliphatic heterocycles. The molecule has 1 aromatic rings. The van der Waals surface area contributed by atoms with Gasteiger partial charge >= 0.3 is 0 Å². The van der Waals surface area contributed by atoms with Gasteiger partial charge in [0.15, 0.2) is 17.8 Å². The predicted octanol–water partition coefficient (Wildman–Crippen LogP) is 2.03. The van der Waals surface area contributed by atoms with Crippen LogP contribution in [0.25, 0.3) is 0 Å². The second-order valence-electron chi connectivity index (χ2n) is 6.97. The number of benzene rings is 1. The highest BCUT2D eigenvalue weighted by atomic mass is 16.7. The van der Waals surface area contributed by atoms with Gasteiger partial charge < -0.3 is 29.0 Å². The smallest absolute Gasteiger partial charge is 0.231 e. The Balaban J connectivity index is 1.68. The molecule has 1 aromatic carbocycles. The Hall–Kier alpha value is -1.60. The first-order valence-electron chi connectivity index (χ1n) is 8.93. The minimum Gasteiger partial charge on any atom is -0.454 e. The number of hydrogen-bond acceptors (Lipinski definition) is 6. The number of rotatable bonds is 3. The van der Waals surface area contributed by atoms with E-state index in [1.54, 1.807) is 7.11 Å². The third-order valence-corrected chi connectivity index (χ3v) is 5.89. The van der Waals surface area contributed by atoms with E-state index in [2.05, 4.69) is 23.5 Å². The largest absolute Gasteiger partial charge is 0.454 e. The van der Waals surface area contributed by atoms with Crippen molar-refractivity contribution in [3.05, 3.63) is 35.4 Å². The molecule has 25 heavy (non-hydrogen) atoms. The fraction of sp³-hybridized carbons (Fsp3) is 0.579. The molecule has 0 bridgehead atoms. The van der Waals surface area contributed by atoms with E-state index in [-0.39, 0.29) is 36.7 Å². The number of methoxy groups -OCH3 is 1. The Morgan fingerprint density at radius 3 is 2.92 bits per heavy atom. The highest BCUT2D eigenvalue weighted by molar-refractivity contribution is 5.56. The molecule has 0 unspecified atom stereocenters. The Morgan fingerprint density at radius 2 is 2.12 bits per heavy atom. The molecule has 6 nitrogen and oxygen atoms in total. The van der Waals surface area contributed by atoms with E-state index >= 15 is 0 Å². The number of ether oxygens (including phenoxy) is 5. The Morgan fingerprint density at radius 1 is 1.28 bits per heavy atom. The van der Waals surface area contributed by atoms with E-state index in [1.807, 2.05) is 13.0 Å². The molecule has 1 aliphatic carbocycles. The lowest BCUT2D eigenvalue weighted by atomic mass is 9.65. The molecule has 3 heterocycles. The summed E-state index contributed by atoms with van der Waals surface area (Å²) in [7, 11) is 1.76. The first-order chi connectivity index (χ1) is 12.3. The topological polar surface area (TPSA) is 58.2 Å². The average molecular weight is 345 g/mol. The molecule has 4 aliphatic rings. The van der Waals surface area contributed by atoms with Gasteiger partial charge in [0.25, 0.3) is 0 Å². The summed E-state index contributed by atoms with van der Waals surface area (Å²) >= 11 is 0. The van der Waals surface area contributed by atoms with Crippen LogP contribution in [0.15, 0.2) is 24.3 Å². The van der Waals surface area contributed by atoms with E-state index in [9.17, 15) is 0 Å². The van der Waals surface area contributed by atoms with Crippen molar-refractivity contribution in [2.24, 2.45) is 0 Å². The normalized spacial score (nSPS) is 37.5. The lowest BCUT2D eigenvalue weighted by Gasteiger charge is -2.46. The lowest BCUT2D eigenvalue weighted by molar-refractivity contribution is -0.189. The zero-order valence-corrected chi connectivity index (χ0v) is 14.5. The van der Waals surface area contributed by atoms with Gasteiger partial charge in [0.2, 0.25) is 6.79 Å². The SMILES string of the molecule is CCO[C@H]1O[C@@H]2CN[C@H]3C[C@H](OC)C=C[C@]32c2cc3c(cc21)OCO3. The summed E-state index contributed by atoms with van der Waals surface area (Å²) in [6.07, 6.45) is 5.12. The highest BCUT2D eigenvalue weighted by Crippen LogP contribution is 2.53. The second kappa shape index (κ2) is 5.71. The molecule has 6 heteroatoms. The molecule has 1 spiro atoms. The van der Waals surface area contributed by atoms with Crippen LogP contribution in [0, 0.1) is 0 Å². The summed E-state index contributed by atoms with van der Waals surface area (Å²) in [5, 5.41) is 3.64. The summed E-state index contributed by atoms with van der Waals surface area (Å²) in [6.45, 7) is 3.64. The molecule has 134 valence electrons. The van der Waals surface area contributed by atoms with Gasteiger partial charge in [-0.1, -0.05) is 12.2 Å². The van der Waals surface area contributed by atoms with Crippen LogP contribution < -0.4 is 14.8 Å². The van der Waals surface area contributed by atoms with Crippen LogP contribution >= 0.6 is 0 Å². The first kappa shape index (κ1) is 15.6. The molecular formula is C19H23NO5. The summed E-state index contributed by atoms with van der Waals surface area (Å²) in [5.74, 6) is 1.57. The number of hydrogen-bond donors (Lipinski definition) is 1. The van der Waals surface area contributed by atoms with Crippen LogP contribution in [-0.4, -0.2) is 45.3 Å². The van der Waals surface area contributed by atoms with Crippen molar-refractivity contribution >= 4 is 0 Å². The third-order valence-electron chi connectivity index (χ3n) is 5.89. The van der Waals surface area contributed by atoms with Crippen LogP contribution in [0.1, 0.15) is 30.8 Å². The molecule has 0 saturated carbocycles. The molecule has 5 atom stereocenters. The van der Waals surface area contributed by atoms with E-state index in [0.29, 0.717) is 6.61 Å². The number of fused-ring (bicyclic) bond motifs is 2. The standard InChI is InChI=1S/C19H23NO5/c1-3-22-18-12-7-14-15(24-10-23-14)8-13(12)19-5-4-11(21-2)6-16(19)20-9-17(19)25-18/h4-5,7-8,11,16-18,20H,3,6,9-10H2,1-2H3/t11-,16+,17-,18+,19+/m1/s1. The molecule has 0 radical (unpaired) electrons. The van der Waals surface area contributed by atoms with Crippen LogP contribution in [0.3, 0.4) is 0 Å². The third kappa shape index (κ3) is 2.11. The van der Waals surface area contributed by atoms with Crippen molar-refractivity contribution in [3.8, 4) is 11.5 Å².